The molecule has 0 aromatic carbocycles. The van der Waals surface area contributed by atoms with Crippen LogP contribution in [0.15, 0.2) is 0 Å². The SMILES string of the molecule is CCOCCC1(CNCC(C)C)CCOC1C1CC1. The summed E-state index contributed by atoms with van der Waals surface area (Å²) in [4.78, 5) is 0. The zero-order chi connectivity index (χ0) is 13.7. The smallest absolute Gasteiger partial charge is 0.0673 e. The molecule has 1 aliphatic heterocycles. The van der Waals surface area contributed by atoms with Gasteiger partial charge in [0.1, 0.15) is 0 Å². The minimum atomic E-state index is 0.325. The topological polar surface area (TPSA) is 30.5 Å². The van der Waals surface area contributed by atoms with Crippen molar-refractivity contribution in [2.24, 2.45) is 17.3 Å². The van der Waals surface area contributed by atoms with Crippen LogP contribution in [0.2, 0.25) is 0 Å². The molecule has 112 valence electrons. The van der Waals surface area contributed by atoms with Gasteiger partial charge >= 0.3 is 0 Å². The van der Waals surface area contributed by atoms with Gasteiger partial charge in [0.05, 0.1) is 6.10 Å². The Bertz CT molecular complexity index is 265. The molecule has 19 heavy (non-hydrogen) atoms. The summed E-state index contributed by atoms with van der Waals surface area (Å²) in [7, 11) is 0. The van der Waals surface area contributed by atoms with Crippen molar-refractivity contribution in [3.05, 3.63) is 0 Å². The molecule has 2 rings (SSSR count). The van der Waals surface area contributed by atoms with Crippen molar-refractivity contribution < 1.29 is 9.47 Å². The van der Waals surface area contributed by atoms with Crippen molar-refractivity contribution in [1.82, 2.24) is 5.32 Å². The van der Waals surface area contributed by atoms with Crippen LogP contribution in [0.3, 0.4) is 0 Å². The highest BCUT2D eigenvalue weighted by Crippen LogP contribution is 2.49. The molecule has 3 nitrogen and oxygen atoms in total. The summed E-state index contributed by atoms with van der Waals surface area (Å²) in [5.41, 5.74) is 0.325. The number of hydrogen-bond acceptors (Lipinski definition) is 3. The molecule has 2 unspecified atom stereocenters. The summed E-state index contributed by atoms with van der Waals surface area (Å²) in [6.45, 7) is 11.5. The van der Waals surface area contributed by atoms with E-state index < -0.39 is 0 Å². The highest BCUT2D eigenvalue weighted by molar-refractivity contribution is 5.00. The van der Waals surface area contributed by atoms with Crippen molar-refractivity contribution in [2.45, 2.75) is 52.6 Å². The molecule has 1 N–H and O–H groups in total. The van der Waals surface area contributed by atoms with Gasteiger partial charge in [0.2, 0.25) is 0 Å². The predicted molar refractivity (Wildman–Crippen MR) is 78.3 cm³/mol. The normalized spacial score (nSPS) is 31.3. The van der Waals surface area contributed by atoms with Crippen LogP contribution in [0.4, 0.5) is 0 Å². The molecule has 1 heterocycles. The molecule has 0 aromatic heterocycles. The molecule has 3 heteroatoms. The van der Waals surface area contributed by atoms with Crippen molar-refractivity contribution in [3.8, 4) is 0 Å². The molecule has 1 saturated heterocycles. The maximum Gasteiger partial charge on any atom is 0.0673 e. The summed E-state index contributed by atoms with van der Waals surface area (Å²) in [5, 5.41) is 3.67. The molecular weight excluding hydrogens is 238 g/mol. The van der Waals surface area contributed by atoms with Gasteiger partial charge in [-0.3, -0.25) is 0 Å². The zero-order valence-corrected chi connectivity index (χ0v) is 12.9. The van der Waals surface area contributed by atoms with E-state index in [2.05, 4.69) is 26.1 Å². The fraction of sp³-hybridized carbons (Fsp3) is 1.00. The largest absolute Gasteiger partial charge is 0.382 e. The first-order valence-corrected chi connectivity index (χ1v) is 8.08. The first-order chi connectivity index (χ1) is 9.18. The third kappa shape index (κ3) is 4.17. The molecule has 2 aliphatic rings. The van der Waals surface area contributed by atoms with Gasteiger partial charge in [0.15, 0.2) is 0 Å². The highest BCUT2D eigenvalue weighted by Gasteiger charge is 2.50. The molecule has 0 spiro atoms. The third-order valence-corrected chi connectivity index (χ3v) is 4.53. The van der Waals surface area contributed by atoms with E-state index in [4.69, 9.17) is 9.47 Å². The number of ether oxygens (including phenoxy) is 2. The van der Waals surface area contributed by atoms with Crippen LogP contribution in [0, 0.1) is 17.3 Å². The predicted octanol–water partition coefficient (Wildman–Crippen LogP) is 2.84. The second kappa shape index (κ2) is 7.05. The first-order valence-electron chi connectivity index (χ1n) is 8.08. The second-order valence-electron chi connectivity index (χ2n) is 6.71. The van der Waals surface area contributed by atoms with E-state index >= 15 is 0 Å². The Morgan fingerprint density at radius 2 is 2.16 bits per heavy atom. The molecule has 2 fully saturated rings. The van der Waals surface area contributed by atoms with Crippen LogP contribution < -0.4 is 5.32 Å². The lowest BCUT2D eigenvalue weighted by atomic mass is 9.76. The maximum atomic E-state index is 6.09. The van der Waals surface area contributed by atoms with E-state index in [1.807, 2.05) is 0 Å². The Kier molecular flexibility index (Phi) is 5.67. The molecule has 1 saturated carbocycles. The average Bonchev–Trinajstić information content (AvgIpc) is 3.12. The van der Waals surface area contributed by atoms with Crippen LogP contribution in [-0.4, -0.2) is 39.0 Å². The van der Waals surface area contributed by atoms with Crippen molar-refractivity contribution in [3.63, 3.8) is 0 Å². The molecule has 0 aromatic rings. The minimum absolute atomic E-state index is 0.325. The van der Waals surface area contributed by atoms with E-state index in [9.17, 15) is 0 Å². The zero-order valence-electron chi connectivity index (χ0n) is 12.9. The van der Waals surface area contributed by atoms with Crippen molar-refractivity contribution in [1.29, 1.82) is 0 Å². The Balaban J connectivity index is 1.90. The fourth-order valence-corrected chi connectivity index (χ4v) is 3.32. The average molecular weight is 269 g/mol. The minimum Gasteiger partial charge on any atom is -0.382 e. The van der Waals surface area contributed by atoms with E-state index in [1.54, 1.807) is 0 Å². The van der Waals surface area contributed by atoms with E-state index in [1.165, 1.54) is 19.3 Å². The summed E-state index contributed by atoms with van der Waals surface area (Å²) in [6.07, 6.45) is 5.56. The Hall–Kier alpha value is -0.120. The Morgan fingerprint density at radius 3 is 2.79 bits per heavy atom. The standard InChI is InChI=1S/C16H31NO2/c1-4-18-9-7-16(12-17-11-13(2)3)8-10-19-15(16)14-5-6-14/h13-15,17H,4-12H2,1-3H3. The Labute approximate surface area is 118 Å². The molecule has 2 atom stereocenters. The summed E-state index contributed by atoms with van der Waals surface area (Å²) in [5.74, 6) is 1.54. The lowest BCUT2D eigenvalue weighted by molar-refractivity contribution is 0.00975. The second-order valence-corrected chi connectivity index (χ2v) is 6.71. The lowest BCUT2D eigenvalue weighted by Crippen LogP contribution is -2.43. The van der Waals surface area contributed by atoms with Gasteiger partial charge in [-0.1, -0.05) is 13.8 Å². The monoisotopic (exact) mass is 269 g/mol. The third-order valence-electron chi connectivity index (χ3n) is 4.53. The van der Waals surface area contributed by atoms with Crippen LogP contribution in [0.25, 0.3) is 0 Å². The fourth-order valence-electron chi connectivity index (χ4n) is 3.32. The van der Waals surface area contributed by atoms with E-state index in [0.29, 0.717) is 17.4 Å². The van der Waals surface area contributed by atoms with Crippen molar-refractivity contribution >= 4 is 0 Å². The van der Waals surface area contributed by atoms with Gasteiger partial charge in [-0.15, -0.1) is 0 Å². The first kappa shape index (κ1) is 15.3. The summed E-state index contributed by atoms with van der Waals surface area (Å²) >= 11 is 0. The molecular formula is C16H31NO2. The van der Waals surface area contributed by atoms with Crippen LogP contribution >= 0.6 is 0 Å². The van der Waals surface area contributed by atoms with Gasteiger partial charge in [-0.25, -0.2) is 0 Å². The van der Waals surface area contributed by atoms with Crippen molar-refractivity contribution in [2.75, 3.05) is 32.9 Å². The molecule has 0 bridgehead atoms. The van der Waals surface area contributed by atoms with E-state index in [-0.39, 0.29) is 0 Å². The van der Waals surface area contributed by atoms with Crippen LogP contribution in [-0.2, 0) is 9.47 Å². The number of nitrogens with one attached hydrogen (secondary N) is 1. The molecule has 0 amide bonds. The number of hydrogen-bond donors (Lipinski definition) is 1. The van der Waals surface area contributed by atoms with Crippen LogP contribution in [0.1, 0.15) is 46.5 Å². The van der Waals surface area contributed by atoms with Gasteiger partial charge in [-0.05, 0) is 51.0 Å². The van der Waals surface area contributed by atoms with Gasteiger partial charge in [0, 0.05) is 31.8 Å². The summed E-state index contributed by atoms with van der Waals surface area (Å²) < 4.78 is 11.7. The van der Waals surface area contributed by atoms with E-state index in [0.717, 1.165) is 45.2 Å². The van der Waals surface area contributed by atoms with Gasteiger partial charge in [-0.2, -0.15) is 0 Å². The Morgan fingerprint density at radius 1 is 1.37 bits per heavy atom. The quantitative estimate of drug-likeness (QED) is 0.653. The highest BCUT2D eigenvalue weighted by atomic mass is 16.5. The maximum absolute atomic E-state index is 6.09. The summed E-state index contributed by atoms with van der Waals surface area (Å²) in [6, 6.07) is 0. The number of rotatable bonds is 9. The van der Waals surface area contributed by atoms with Gasteiger partial charge in [0.25, 0.3) is 0 Å². The van der Waals surface area contributed by atoms with Gasteiger partial charge < -0.3 is 14.8 Å². The lowest BCUT2D eigenvalue weighted by Gasteiger charge is -2.35. The van der Waals surface area contributed by atoms with Crippen LogP contribution in [0.5, 0.6) is 0 Å². The molecule has 1 aliphatic carbocycles. The molecule has 0 radical (unpaired) electrons.